The topological polar surface area (TPSA) is 111 Å². The van der Waals surface area contributed by atoms with Gasteiger partial charge < -0.3 is 24.6 Å². The second-order valence-electron chi connectivity index (χ2n) is 8.21. The number of carboxylic acids is 1. The van der Waals surface area contributed by atoms with Crippen LogP contribution in [0, 0.1) is 0 Å². The van der Waals surface area contributed by atoms with E-state index < -0.39 is 23.7 Å². The van der Waals surface area contributed by atoms with Crippen LogP contribution < -0.4 is 10.1 Å². The number of rotatable bonds is 9. The molecule has 8 nitrogen and oxygen atoms in total. The molecule has 0 heterocycles. The Labute approximate surface area is 187 Å². The molecule has 32 heavy (non-hydrogen) atoms. The van der Waals surface area contributed by atoms with Gasteiger partial charge in [0.25, 0.3) is 0 Å². The van der Waals surface area contributed by atoms with Crippen LogP contribution >= 0.6 is 0 Å². The minimum Gasteiger partial charge on any atom is -0.480 e. The number of methoxy groups -OCH3 is 1. The number of aliphatic carboxylic acids is 1. The first-order chi connectivity index (χ1) is 15.1. The lowest BCUT2D eigenvalue weighted by Crippen LogP contribution is -2.44. The number of aryl methyl sites for hydroxylation is 1. The van der Waals surface area contributed by atoms with Gasteiger partial charge >= 0.3 is 18.0 Å². The average Bonchev–Trinajstić information content (AvgIpc) is 2.72. The summed E-state index contributed by atoms with van der Waals surface area (Å²) in [4.78, 5) is 34.6. The van der Waals surface area contributed by atoms with E-state index in [-0.39, 0.29) is 12.4 Å². The van der Waals surface area contributed by atoms with Gasteiger partial charge in [0.1, 0.15) is 23.1 Å². The molecular formula is C24H29NO7. The molecule has 0 radical (unpaired) electrons. The largest absolute Gasteiger partial charge is 0.480 e. The number of nitrogens with one attached hydrogen (secondary N) is 1. The molecule has 0 bridgehead atoms. The number of ether oxygens (including phenoxy) is 3. The quantitative estimate of drug-likeness (QED) is 0.561. The number of hydrogen-bond donors (Lipinski definition) is 2. The van der Waals surface area contributed by atoms with E-state index in [2.05, 4.69) is 10.1 Å². The molecule has 1 atom stereocenters. The van der Waals surface area contributed by atoms with E-state index >= 15 is 0 Å². The van der Waals surface area contributed by atoms with Crippen LogP contribution in [0.3, 0.4) is 0 Å². The van der Waals surface area contributed by atoms with Crippen LogP contribution in [0.4, 0.5) is 4.79 Å². The molecule has 172 valence electrons. The molecule has 2 aromatic rings. The maximum Gasteiger partial charge on any atom is 0.408 e. The second-order valence-corrected chi connectivity index (χ2v) is 8.21. The maximum atomic E-state index is 11.9. The normalized spacial score (nSPS) is 11.9. The minimum absolute atomic E-state index is 0.101. The highest BCUT2D eigenvalue weighted by Gasteiger charge is 2.24. The van der Waals surface area contributed by atoms with E-state index in [1.165, 1.54) is 7.11 Å². The van der Waals surface area contributed by atoms with Crippen LogP contribution in [0.1, 0.15) is 38.3 Å². The first-order valence-electron chi connectivity index (χ1n) is 10.2. The molecule has 2 N–H and O–H groups in total. The standard InChI is InChI=1S/C24H29NO7/c1-24(2,3)32-23(29)25-20(22(27)28)15-17-7-12-19(13-8-17)31-18-10-5-16(6-11-18)9-14-21(26)30-4/h5-8,10-13,20H,9,14-15H2,1-4H3,(H,25,29)(H,27,28)/t20-/m0/s1. The van der Waals surface area contributed by atoms with Crippen molar-refractivity contribution in [3.05, 3.63) is 59.7 Å². The summed E-state index contributed by atoms with van der Waals surface area (Å²) < 4.78 is 15.6. The fourth-order valence-corrected chi connectivity index (χ4v) is 2.79. The molecule has 0 spiro atoms. The zero-order chi connectivity index (χ0) is 23.7. The molecule has 8 heteroatoms. The fourth-order valence-electron chi connectivity index (χ4n) is 2.79. The molecule has 2 rings (SSSR count). The van der Waals surface area contributed by atoms with Crippen molar-refractivity contribution < 1.29 is 33.7 Å². The Morgan fingerprint density at radius 1 is 0.938 bits per heavy atom. The Hall–Kier alpha value is -3.55. The third kappa shape index (κ3) is 8.67. The van der Waals surface area contributed by atoms with E-state index in [1.54, 1.807) is 45.0 Å². The van der Waals surface area contributed by atoms with Crippen molar-refractivity contribution in [2.75, 3.05) is 7.11 Å². The van der Waals surface area contributed by atoms with Gasteiger partial charge in [0.15, 0.2) is 0 Å². The summed E-state index contributed by atoms with van der Waals surface area (Å²) in [7, 11) is 1.36. The van der Waals surface area contributed by atoms with Crippen LogP contribution in [0.5, 0.6) is 11.5 Å². The number of esters is 1. The van der Waals surface area contributed by atoms with Crippen LogP contribution in [-0.4, -0.2) is 41.9 Å². The molecule has 0 aromatic heterocycles. The van der Waals surface area contributed by atoms with Crippen molar-refractivity contribution in [1.29, 1.82) is 0 Å². The predicted molar refractivity (Wildman–Crippen MR) is 118 cm³/mol. The summed E-state index contributed by atoms with van der Waals surface area (Å²) in [6.45, 7) is 5.12. The summed E-state index contributed by atoms with van der Waals surface area (Å²) in [6, 6.07) is 13.2. The third-order valence-corrected chi connectivity index (χ3v) is 4.36. The smallest absolute Gasteiger partial charge is 0.408 e. The summed E-state index contributed by atoms with van der Waals surface area (Å²) in [5.74, 6) is -0.182. The number of hydrogen-bond acceptors (Lipinski definition) is 6. The number of carbonyl (C=O) groups excluding carboxylic acids is 2. The van der Waals surface area contributed by atoms with Gasteiger partial charge in [-0.1, -0.05) is 24.3 Å². The number of carbonyl (C=O) groups is 3. The van der Waals surface area contributed by atoms with Gasteiger partial charge in [0.05, 0.1) is 7.11 Å². The zero-order valence-electron chi connectivity index (χ0n) is 18.7. The van der Waals surface area contributed by atoms with Crippen molar-refractivity contribution in [3.63, 3.8) is 0 Å². The molecule has 0 aliphatic rings. The highest BCUT2D eigenvalue weighted by atomic mass is 16.6. The lowest BCUT2D eigenvalue weighted by atomic mass is 10.1. The molecule has 0 fully saturated rings. The van der Waals surface area contributed by atoms with E-state index in [1.807, 2.05) is 24.3 Å². The van der Waals surface area contributed by atoms with E-state index in [4.69, 9.17) is 9.47 Å². The van der Waals surface area contributed by atoms with Crippen LogP contribution in [0.25, 0.3) is 0 Å². The van der Waals surface area contributed by atoms with Gasteiger partial charge in [0.2, 0.25) is 0 Å². The minimum atomic E-state index is -1.15. The van der Waals surface area contributed by atoms with Gasteiger partial charge in [-0.05, 0) is 62.6 Å². The Bertz CT molecular complexity index is 915. The van der Waals surface area contributed by atoms with Crippen molar-refractivity contribution in [2.24, 2.45) is 0 Å². The average molecular weight is 443 g/mol. The van der Waals surface area contributed by atoms with Crippen molar-refractivity contribution >= 4 is 18.0 Å². The van der Waals surface area contributed by atoms with Crippen LogP contribution in [0.2, 0.25) is 0 Å². The van der Waals surface area contributed by atoms with Gasteiger partial charge in [-0.15, -0.1) is 0 Å². The molecule has 1 amide bonds. The Morgan fingerprint density at radius 3 is 1.94 bits per heavy atom. The van der Waals surface area contributed by atoms with Gasteiger partial charge in [0, 0.05) is 12.8 Å². The van der Waals surface area contributed by atoms with Crippen molar-refractivity contribution in [1.82, 2.24) is 5.32 Å². The highest BCUT2D eigenvalue weighted by molar-refractivity contribution is 5.80. The second kappa shape index (κ2) is 11.2. The first-order valence-corrected chi connectivity index (χ1v) is 10.2. The molecule has 0 aliphatic carbocycles. The van der Waals surface area contributed by atoms with E-state index in [9.17, 15) is 19.5 Å². The number of benzene rings is 2. The molecule has 0 saturated heterocycles. The highest BCUT2D eigenvalue weighted by Crippen LogP contribution is 2.23. The van der Waals surface area contributed by atoms with Crippen LogP contribution in [0.15, 0.2) is 48.5 Å². The van der Waals surface area contributed by atoms with Crippen LogP contribution in [-0.2, 0) is 31.9 Å². The number of amides is 1. The van der Waals surface area contributed by atoms with E-state index in [0.717, 1.165) is 11.1 Å². The number of carboxylic acid groups (broad SMARTS) is 1. The summed E-state index contributed by atoms with van der Waals surface area (Å²) in [5, 5.41) is 11.8. The lowest BCUT2D eigenvalue weighted by molar-refractivity contribution is -0.141. The predicted octanol–water partition coefficient (Wildman–Crippen LogP) is 4.10. The Balaban J connectivity index is 1.93. The molecule has 0 aliphatic heterocycles. The fraction of sp³-hybridized carbons (Fsp3) is 0.375. The molecular weight excluding hydrogens is 414 g/mol. The Kier molecular flexibility index (Phi) is 8.63. The third-order valence-electron chi connectivity index (χ3n) is 4.36. The van der Waals surface area contributed by atoms with Gasteiger partial charge in [-0.3, -0.25) is 4.79 Å². The SMILES string of the molecule is COC(=O)CCc1ccc(Oc2ccc(C[C@H](NC(=O)OC(C)(C)C)C(=O)O)cc2)cc1. The van der Waals surface area contributed by atoms with E-state index in [0.29, 0.717) is 24.3 Å². The number of alkyl carbamates (subject to hydrolysis) is 1. The summed E-state index contributed by atoms with van der Waals surface area (Å²) in [6.07, 6.45) is 0.228. The monoisotopic (exact) mass is 443 g/mol. The molecule has 0 saturated carbocycles. The lowest BCUT2D eigenvalue weighted by Gasteiger charge is -2.22. The van der Waals surface area contributed by atoms with Gasteiger partial charge in [-0.2, -0.15) is 0 Å². The summed E-state index contributed by atoms with van der Waals surface area (Å²) in [5.41, 5.74) is 1.00. The molecule has 0 unspecified atom stereocenters. The Morgan fingerprint density at radius 2 is 1.47 bits per heavy atom. The van der Waals surface area contributed by atoms with Gasteiger partial charge in [-0.25, -0.2) is 9.59 Å². The van der Waals surface area contributed by atoms with Crippen molar-refractivity contribution in [3.8, 4) is 11.5 Å². The zero-order valence-corrected chi connectivity index (χ0v) is 18.7. The molecule has 2 aromatic carbocycles. The van der Waals surface area contributed by atoms with Crippen molar-refractivity contribution in [2.45, 2.75) is 51.7 Å². The summed E-state index contributed by atoms with van der Waals surface area (Å²) >= 11 is 0. The maximum absolute atomic E-state index is 11.9. The first kappa shape index (κ1) is 24.7.